The lowest BCUT2D eigenvalue weighted by Crippen LogP contribution is -2.09. The van der Waals surface area contributed by atoms with Crippen molar-refractivity contribution in [2.45, 2.75) is 142 Å². The molecule has 0 aliphatic carbocycles. The Hall–Kier alpha value is -2.91. The van der Waals surface area contributed by atoms with E-state index < -0.39 is 0 Å². The molecule has 0 aliphatic rings. The van der Waals surface area contributed by atoms with E-state index in [1.54, 1.807) is 0 Å². The number of hydrogen-bond donors (Lipinski definition) is 0. The molecule has 45 heavy (non-hydrogen) atoms. The monoisotopic (exact) mass is 612 g/mol. The quantitative estimate of drug-likeness (QED) is 0.0573. The van der Waals surface area contributed by atoms with E-state index in [1.165, 1.54) is 102 Å². The molecule has 0 spiro atoms. The number of unbranched alkanes of at least 4 members (excludes halogenated alkanes) is 15. The summed E-state index contributed by atoms with van der Waals surface area (Å²) in [5.41, 5.74) is 5.01. The summed E-state index contributed by atoms with van der Waals surface area (Å²) in [4.78, 5) is 12.8. The van der Waals surface area contributed by atoms with Gasteiger partial charge in [0.15, 0.2) is 0 Å². The highest BCUT2D eigenvalue weighted by atomic mass is 16.5. The molecule has 3 rings (SSSR count). The molecule has 3 nitrogen and oxygen atoms in total. The van der Waals surface area contributed by atoms with E-state index in [4.69, 9.17) is 9.47 Å². The highest BCUT2D eigenvalue weighted by Crippen LogP contribution is 2.26. The van der Waals surface area contributed by atoms with Gasteiger partial charge in [-0.3, -0.25) is 0 Å². The molecule has 3 aromatic rings. The van der Waals surface area contributed by atoms with Crippen LogP contribution in [0.15, 0.2) is 72.8 Å². The molecule has 0 saturated heterocycles. The fourth-order valence-electron chi connectivity index (χ4n) is 5.99. The first-order valence-electron chi connectivity index (χ1n) is 18.2. The van der Waals surface area contributed by atoms with Gasteiger partial charge in [-0.1, -0.05) is 171 Å². The number of para-hydroxylation sites is 1. The van der Waals surface area contributed by atoms with Crippen LogP contribution in [0.2, 0.25) is 0 Å². The number of ether oxygens (including phenoxy) is 2. The zero-order valence-corrected chi connectivity index (χ0v) is 28.7. The Kier molecular flexibility index (Phi) is 18.3. The van der Waals surface area contributed by atoms with Gasteiger partial charge in [0, 0.05) is 6.61 Å². The molecule has 3 heteroatoms. The largest absolute Gasteiger partial charge is 0.423 e. The third-order valence-electron chi connectivity index (χ3n) is 8.89. The molecule has 246 valence electrons. The van der Waals surface area contributed by atoms with Crippen LogP contribution in [0.1, 0.15) is 158 Å². The fourth-order valence-corrected chi connectivity index (χ4v) is 5.99. The minimum absolute atomic E-state index is 0.0862. The predicted molar refractivity (Wildman–Crippen MR) is 191 cm³/mol. The molecule has 3 aromatic carbocycles. The van der Waals surface area contributed by atoms with Crippen molar-refractivity contribution in [3.8, 4) is 16.9 Å². The van der Waals surface area contributed by atoms with E-state index >= 15 is 0 Å². The summed E-state index contributed by atoms with van der Waals surface area (Å²) in [6.07, 6.45) is 24.1. The second kappa shape index (κ2) is 22.6. The van der Waals surface area contributed by atoms with Crippen LogP contribution >= 0.6 is 0 Å². The zero-order valence-electron chi connectivity index (χ0n) is 28.7. The van der Waals surface area contributed by atoms with Gasteiger partial charge in [0.25, 0.3) is 0 Å². The van der Waals surface area contributed by atoms with Crippen LogP contribution < -0.4 is 4.74 Å². The molecule has 1 atom stereocenters. The second-order valence-corrected chi connectivity index (χ2v) is 12.8. The zero-order chi connectivity index (χ0) is 32.0. The summed E-state index contributed by atoms with van der Waals surface area (Å²) in [5, 5.41) is 0. The molecule has 0 radical (unpaired) electrons. The number of aryl methyl sites for hydroxylation is 1. The van der Waals surface area contributed by atoms with Crippen LogP contribution in [0.25, 0.3) is 11.1 Å². The number of esters is 1. The van der Waals surface area contributed by atoms with Gasteiger partial charge in [-0.2, -0.15) is 0 Å². The smallest absolute Gasteiger partial charge is 0.343 e. The van der Waals surface area contributed by atoms with Crippen molar-refractivity contribution in [1.82, 2.24) is 0 Å². The molecular formula is C42H60O3. The molecule has 0 amide bonds. The van der Waals surface area contributed by atoms with Crippen LogP contribution in [0.5, 0.6) is 5.75 Å². The summed E-state index contributed by atoms with van der Waals surface area (Å²) < 4.78 is 11.9. The standard InChI is InChI=1S/C42H60O3/c1-4-6-7-8-9-10-11-12-13-14-15-16-17-18-19-22-34-44-35(3)36-26-28-37(29-27-36)38-30-32-40(33-31-38)42(43)45-41-25-21-20-24-39(41)23-5-2/h20-21,24-33,35H,4-19,22-23,34H2,1-3H3. The summed E-state index contributed by atoms with van der Waals surface area (Å²) in [6.45, 7) is 7.38. The average molecular weight is 613 g/mol. The predicted octanol–water partition coefficient (Wildman–Crippen LogP) is 12.9. The van der Waals surface area contributed by atoms with Crippen LogP contribution in [0.4, 0.5) is 0 Å². The highest BCUT2D eigenvalue weighted by Gasteiger charge is 2.12. The van der Waals surface area contributed by atoms with E-state index in [-0.39, 0.29) is 12.1 Å². The van der Waals surface area contributed by atoms with Crippen molar-refractivity contribution in [1.29, 1.82) is 0 Å². The summed E-state index contributed by atoms with van der Waals surface area (Å²) in [6, 6.07) is 24.0. The normalized spacial score (nSPS) is 11.9. The van der Waals surface area contributed by atoms with E-state index in [2.05, 4.69) is 45.0 Å². The summed E-state index contributed by atoms with van der Waals surface area (Å²) in [7, 11) is 0. The summed E-state index contributed by atoms with van der Waals surface area (Å²) >= 11 is 0. The molecule has 0 heterocycles. The Bertz CT molecular complexity index is 1180. The van der Waals surface area contributed by atoms with Gasteiger partial charge < -0.3 is 9.47 Å². The number of benzene rings is 3. The van der Waals surface area contributed by atoms with Crippen LogP contribution in [0, 0.1) is 0 Å². The van der Waals surface area contributed by atoms with E-state index in [0.29, 0.717) is 11.3 Å². The lowest BCUT2D eigenvalue weighted by atomic mass is 10.0. The molecule has 0 fully saturated rings. The SMILES string of the molecule is CCCCCCCCCCCCCCCCCCOC(C)c1ccc(-c2ccc(C(=O)Oc3ccccc3CCC)cc2)cc1. The minimum Gasteiger partial charge on any atom is -0.423 e. The fraction of sp³-hybridized carbons (Fsp3) is 0.548. The lowest BCUT2D eigenvalue weighted by molar-refractivity contribution is 0.0627. The molecule has 0 aromatic heterocycles. The molecule has 0 N–H and O–H groups in total. The van der Waals surface area contributed by atoms with Crippen molar-refractivity contribution < 1.29 is 14.3 Å². The molecule has 0 bridgehead atoms. The summed E-state index contributed by atoms with van der Waals surface area (Å²) in [5.74, 6) is 0.325. The van der Waals surface area contributed by atoms with Crippen LogP contribution in [-0.4, -0.2) is 12.6 Å². The van der Waals surface area contributed by atoms with Crippen LogP contribution in [-0.2, 0) is 11.2 Å². The van der Waals surface area contributed by atoms with E-state index in [0.717, 1.165) is 42.6 Å². The Morgan fingerprint density at radius 1 is 0.578 bits per heavy atom. The maximum absolute atomic E-state index is 12.8. The third kappa shape index (κ3) is 14.4. The third-order valence-corrected chi connectivity index (χ3v) is 8.89. The average Bonchev–Trinajstić information content (AvgIpc) is 3.07. The Morgan fingerprint density at radius 3 is 1.60 bits per heavy atom. The molecule has 0 saturated carbocycles. The second-order valence-electron chi connectivity index (χ2n) is 12.8. The van der Waals surface area contributed by atoms with Gasteiger partial charge in [-0.15, -0.1) is 0 Å². The first-order valence-corrected chi connectivity index (χ1v) is 18.2. The topological polar surface area (TPSA) is 35.5 Å². The Morgan fingerprint density at radius 2 is 1.07 bits per heavy atom. The maximum Gasteiger partial charge on any atom is 0.343 e. The van der Waals surface area contributed by atoms with Gasteiger partial charge in [-0.25, -0.2) is 4.79 Å². The number of carbonyl (C=O) groups excluding carboxylic acids is 1. The van der Waals surface area contributed by atoms with Gasteiger partial charge in [-0.05, 0) is 60.2 Å². The van der Waals surface area contributed by atoms with Crippen molar-refractivity contribution in [3.63, 3.8) is 0 Å². The minimum atomic E-state index is -0.323. The number of rotatable bonds is 24. The van der Waals surface area contributed by atoms with Gasteiger partial charge in [0.05, 0.1) is 11.7 Å². The van der Waals surface area contributed by atoms with Gasteiger partial charge >= 0.3 is 5.97 Å². The Balaban J connectivity index is 1.25. The van der Waals surface area contributed by atoms with Gasteiger partial charge in [0.1, 0.15) is 5.75 Å². The lowest BCUT2D eigenvalue weighted by Gasteiger charge is -2.14. The van der Waals surface area contributed by atoms with Crippen LogP contribution in [0.3, 0.4) is 0 Å². The molecule has 0 aliphatic heterocycles. The maximum atomic E-state index is 12.8. The van der Waals surface area contributed by atoms with E-state index in [1.807, 2.05) is 48.5 Å². The van der Waals surface area contributed by atoms with Crippen molar-refractivity contribution >= 4 is 5.97 Å². The first kappa shape index (κ1) is 36.6. The van der Waals surface area contributed by atoms with E-state index in [9.17, 15) is 4.79 Å². The number of hydrogen-bond acceptors (Lipinski definition) is 3. The van der Waals surface area contributed by atoms with Crippen molar-refractivity contribution in [2.75, 3.05) is 6.61 Å². The first-order chi connectivity index (χ1) is 22.1. The van der Waals surface area contributed by atoms with Crippen molar-refractivity contribution in [2.24, 2.45) is 0 Å². The van der Waals surface area contributed by atoms with Gasteiger partial charge in [0.2, 0.25) is 0 Å². The highest BCUT2D eigenvalue weighted by molar-refractivity contribution is 5.91. The van der Waals surface area contributed by atoms with Crippen molar-refractivity contribution in [3.05, 3.63) is 89.5 Å². The number of carbonyl (C=O) groups is 1. The molecule has 1 unspecified atom stereocenters. The molecular weight excluding hydrogens is 552 g/mol. The Labute approximate surface area is 275 Å².